The van der Waals surface area contributed by atoms with E-state index in [0.29, 0.717) is 11.7 Å². The average molecular weight is 324 g/mol. The molecule has 0 spiro atoms. The van der Waals surface area contributed by atoms with Crippen molar-refractivity contribution in [3.8, 4) is 17.1 Å². The summed E-state index contributed by atoms with van der Waals surface area (Å²) in [6.07, 6.45) is 4.21. The van der Waals surface area contributed by atoms with E-state index in [9.17, 15) is 0 Å². The first-order valence-electron chi connectivity index (χ1n) is 8.06. The molecule has 1 fully saturated rings. The lowest BCUT2D eigenvalue weighted by Gasteiger charge is -2.16. The van der Waals surface area contributed by atoms with E-state index in [1.165, 1.54) is 6.33 Å². The van der Waals surface area contributed by atoms with Gasteiger partial charge >= 0.3 is 0 Å². The van der Waals surface area contributed by atoms with Crippen molar-refractivity contribution in [2.45, 2.75) is 38.6 Å². The van der Waals surface area contributed by atoms with Crippen LogP contribution >= 0.6 is 0 Å². The normalized spacial score (nSPS) is 19.7. The second kappa shape index (κ2) is 5.52. The van der Waals surface area contributed by atoms with Crippen LogP contribution in [0.1, 0.15) is 37.6 Å². The molecule has 0 saturated carbocycles. The minimum atomic E-state index is 0.120. The number of nitrogens with zero attached hydrogens (tertiary/aromatic N) is 5. The number of benzene rings is 1. The Balaban J connectivity index is 1.60. The molecule has 1 aliphatic heterocycles. The largest absolute Gasteiger partial charge is 0.339 e. The molecule has 124 valence electrons. The molecule has 0 bridgehead atoms. The van der Waals surface area contributed by atoms with Crippen molar-refractivity contribution in [3.63, 3.8) is 0 Å². The predicted octanol–water partition coefficient (Wildman–Crippen LogP) is 2.48. The second-order valence-electron chi connectivity index (χ2n) is 6.96. The van der Waals surface area contributed by atoms with Crippen LogP contribution < -0.4 is 5.32 Å². The molecule has 1 aromatic carbocycles. The van der Waals surface area contributed by atoms with Crippen molar-refractivity contribution < 1.29 is 4.52 Å². The Hall–Kier alpha value is -2.54. The monoisotopic (exact) mass is 324 g/mol. The second-order valence-corrected chi connectivity index (χ2v) is 6.96. The number of nitrogens with one attached hydrogen (secondary N) is 1. The molecular weight excluding hydrogens is 304 g/mol. The van der Waals surface area contributed by atoms with Crippen LogP contribution in [0.4, 0.5) is 0 Å². The molecule has 2 aromatic heterocycles. The van der Waals surface area contributed by atoms with Crippen LogP contribution in [0.15, 0.2) is 35.4 Å². The summed E-state index contributed by atoms with van der Waals surface area (Å²) in [6, 6.07) is 6.02. The van der Waals surface area contributed by atoms with Crippen LogP contribution in [-0.4, -0.2) is 37.0 Å². The standard InChI is InChI=1S/C17H20N6O/c1-11-6-12(4-5-14(11)23-10-18-9-20-23)15-21-16(24-22-15)13-7-17(2,3)19-8-13/h4-6,9-10,13,19H,7-8H2,1-3H3. The van der Waals surface area contributed by atoms with Gasteiger partial charge < -0.3 is 9.84 Å². The first kappa shape index (κ1) is 15.0. The van der Waals surface area contributed by atoms with Crippen molar-refractivity contribution in [1.29, 1.82) is 0 Å². The van der Waals surface area contributed by atoms with Gasteiger partial charge in [0.05, 0.1) is 11.6 Å². The van der Waals surface area contributed by atoms with Crippen LogP contribution in [0.5, 0.6) is 0 Å². The first-order chi connectivity index (χ1) is 11.5. The topological polar surface area (TPSA) is 81.7 Å². The van der Waals surface area contributed by atoms with Crippen molar-refractivity contribution in [1.82, 2.24) is 30.2 Å². The quantitative estimate of drug-likeness (QED) is 0.797. The minimum absolute atomic E-state index is 0.120. The number of aryl methyl sites for hydroxylation is 1. The highest BCUT2D eigenvalue weighted by molar-refractivity contribution is 5.59. The van der Waals surface area contributed by atoms with Gasteiger partial charge in [0, 0.05) is 17.6 Å². The van der Waals surface area contributed by atoms with Crippen LogP contribution in [0, 0.1) is 6.92 Å². The third-order valence-corrected chi connectivity index (χ3v) is 4.50. The zero-order valence-corrected chi connectivity index (χ0v) is 14.0. The smallest absolute Gasteiger partial charge is 0.231 e. The fourth-order valence-electron chi connectivity index (χ4n) is 3.24. The van der Waals surface area contributed by atoms with Crippen molar-refractivity contribution in [2.75, 3.05) is 6.54 Å². The average Bonchev–Trinajstić information content (AvgIpc) is 3.26. The molecule has 0 aliphatic carbocycles. The Morgan fingerprint density at radius 1 is 1.33 bits per heavy atom. The van der Waals surface area contributed by atoms with E-state index in [0.717, 1.165) is 29.8 Å². The molecule has 0 radical (unpaired) electrons. The summed E-state index contributed by atoms with van der Waals surface area (Å²) >= 11 is 0. The van der Waals surface area contributed by atoms with E-state index in [1.807, 2.05) is 25.1 Å². The summed E-state index contributed by atoms with van der Waals surface area (Å²) in [5.74, 6) is 1.61. The van der Waals surface area contributed by atoms with Gasteiger partial charge in [-0.2, -0.15) is 10.1 Å². The van der Waals surface area contributed by atoms with Crippen molar-refractivity contribution >= 4 is 0 Å². The minimum Gasteiger partial charge on any atom is -0.339 e. The Morgan fingerprint density at radius 3 is 2.88 bits per heavy atom. The Kier molecular flexibility index (Phi) is 3.45. The summed E-state index contributed by atoms with van der Waals surface area (Å²) in [4.78, 5) is 8.59. The van der Waals surface area contributed by atoms with Crippen LogP contribution in [0.25, 0.3) is 17.1 Å². The highest BCUT2D eigenvalue weighted by atomic mass is 16.5. The number of hydrogen-bond acceptors (Lipinski definition) is 6. The van der Waals surface area contributed by atoms with Gasteiger partial charge in [0.1, 0.15) is 12.7 Å². The Bertz CT molecular complexity index is 852. The SMILES string of the molecule is Cc1cc(-c2noc(C3CNC(C)(C)C3)n2)ccc1-n1cncn1. The van der Waals surface area contributed by atoms with Crippen LogP contribution in [-0.2, 0) is 0 Å². The van der Waals surface area contributed by atoms with Crippen LogP contribution in [0.3, 0.4) is 0 Å². The maximum Gasteiger partial charge on any atom is 0.231 e. The molecule has 7 heteroatoms. The van der Waals surface area contributed by atoms with E-state index in [4.69, 9.17) is 4.52 Å². The fourth-order valence-corrected chi connectivity index (χ4v) is 3.24. The molecule has 1 N–H and O–H groups in total. The zero-order valence-electron chi connectivity index (χ0n) is 14.0. The molecule has 1 saturated heterocycles. The summed E-state index contributed by atoms with van der Waals surface area (Å²) in [5, 5.41) is 11.8. The summed E-state index contributed by atoms with van der Waals surface area (Å²) in [5.41, 5.74) is 3.13. The van der Waals surface area contributed by atoms with E-state index in [2.05, 4.69) is 39.4 Å². The van der Waals surface area contributed by atoms with Gasteiger partial charge in [0.25, 0.3) is 0 Å². The maximum absolute atomic E-state index is 5.51. The summed E-state index contributed by atoms with van der Waals surface area (Å²) in [7, 11) is 0. The molecule has 24 heavy (non-hydrogen) atoms. The highest BCUT2D eigenvalue weighted by Gasteiger charge is 2.34. The summed E-state index contributed by atoms with van der Waals surface area (Å²) < 4.78 is 7.25. The first-order valence-corrected chi connectivity index (χ1v) is 8.06. The molecule has 1 unspecified atom stereocenters. The number of aromatic nitrogens is 5. The third-order valence-electron chi connectivity index (χ3n) is 4.50. The summed E-state index contributed by atoms with van der Waals surface area (Å²) in [6.45, 7) is 7.29. The molecule has 3 heterocycles. The lowest BCUT2D eigenvalue weighted by Crippen LogP contribution is -2.31. The van der Waals surface area contributed by atoms with Gasteiger partial charge in [-0.1, -0.05) is 5.16 Å². The van der Waals surface area contributed by atoms with E-state index in [1.54, 1.807) is 11.0 Å². The lowest BCUT2D eigenvalue weighted by atomic mass is 9.97. The van der Waals surface area contributed by atoms with Gasteiger partial charge in [-0.15, -0.1) is 0 Å². The van der Waals surface area contributed by atoms with Gasteiger partial charge in [0.2, 0.25) is 11.7 Å². The zero-order chi connectivity index (χ0) is 16.7. The number of rotatable bonds is 3. The molecule has 7 nitrogen and oxygen atoms in total. The van der Waals surface area contributed by atoms with Crippen molar-refractivity contribution in [3.05, 3.63) is 42.3 Å². The fraction of sp³-hybridized carbons (Fsp3) is 0.412. The highest BCUT2D eigenvalue weighted by Crippen LogP contribution is 2.31. The Morgan fingerprint density at radius 2 is 2.21 bits per heavy atom. The number of hydrogen-bond donors (Lipinski definition) is 1. The van der Waals surface area contributed by atoms with E-state index >= 15 is 0 Å². The van der Waals surface area contributed by atoms with E-state index < -0.39 is 0 Å². The third kappa shape index (κ3) is 2.71. The molecule has 0 amide bonds. The van der Waals surface area contributed by atoms with Crippen LogP contribution in [0.2, 0.25) is 0 Å². The van der Waals surface area contributed by atoms with E-state index in [-0.39, 0.29) is 11.5 Å². The molecule has 1 atom stereocenters. The molecule has 1 aliphatic rings. The molecule has 3 aromatic rings. The van der Waals surface area contributed by atoms with Crippen molar-refractivity contribution in [2.24, 2.45) is 0 Å². The molecule has 4 rings (SSSR count). The Labute approximate surface area is 140 Å². The molecular formula is C17H20N6O. The van der Waals surface area contributed by atoms with Gasteiger partial charge in [-0.3, -0.25) is 0 Å². The predicted molar refractivity (Wildman–Crippen MR) is 88.8 cm³/mol. The van der Waals surface area contributed by atoms with Gasteiger partial charge in [-0.25, -0.2) is 9.67 Å². The lowest BCUT2D eigenvalue weighted by molar-refractivity contribution is 0.353. The van der Waals surface area contributed by atoms with Gasteiger partial charge in [0.15, 0.2) is 0 Å². The maximum atomic E-state index is 5.51. The van der Waals surface area contributed by atoms with Gasteiger partial charge in [-0.05, 0) is 51.0 Å².